The summed E-state index contributed by atoms with van der Waals surface area (Å²) in [5.74, 6) is -1.86. The fourth-order valence-corrected chi connectivity index (χ4v) is 2.47. The summed E-state index contributed by atoms with van der Waals surface area (Å²) < 4.78 is 13.5. The Hall–Kier alpha value is -1.42. The molecular formula is C14H18FNO2. The van der Waals surface area contributed by atoms with Crippen LogP contribution in [0.15, 0.2) is 12.1 Å². The molecule has 1 aromatic rings. The molecule has 1 saturated heterocycles. The monoisotopic (exact) mass is 251 g/mol. The molecule has 1 aromatic carbocycles. The van der Waals surface area contributed by atoms with Crippen LogP contribution in [0.1, 0.15) is 40.7 Å². The van der Waals surface area contributed by atoms with Crippen LogP contribution >= 0.6 is 0 Å². The molecule has 18 heavy (non-hydrogen) atoms. The summed E-state index contributed by atoms with van der Waals surface area (Å²) in [6.45, 7) is 2.84. The van der Waals surface area contributed by atoms with E-state index >= 15 is 0 Å². The molecule has 1 fully saturated rings. The largest absolute Gasteiger partial charge is 0.478 e. The highest BCUT2D eigenvalue weighted by atomic mass is 19.1. The van der Waals surface area contributed by atoms with E-state index in [1.165, 1.54) is 25.0 Å². The van der Waals surface area contributed by atoms with Crippen molar-refractivity contribution in [2.45, 2.75) is 38.6 Å². The van der Waals surface area contributed by atoms with E-state index in [1.54, 1.807) is 0 Å². The standard InChI is InChI=1S/C14H18FNO2/c1-9-6-13(15)12(14(17)18)8-10(9)7-11-4-2-3-5-16-11/h6,8,11,16H,2-5,7H2,1H3,(H,17,18). The number of carboxylic acid groups (broad SMARTS) is 1. The van der Waals surface area contributed by atoms with E-state index in [-0.39, 0.29) is 5.56 Å². The van der Waals surface area contributed by atoms with Crippen LogP contribution in [0.3, 0.4) is 0 Å². The van der Waals surface area contributed by atoms with E-state index in [9.17, 15) is 9.18 Å². The van der Waals surface area contributed by atoms with E-state index in [0.717, 1.165) is 30.5 Å². The molecule has 1 unspecified atom stereocenters. The van der Waals surface area contributed by atoms with Crippen LogP contribution in [0.25, 0.3) is 0 Å². The van der Waals surface area contributed by atoms with Crippen molar-refractivity contribution in [1.82, 2.24) is 5.32 Å². The maximum absolute atomic E-state index is 13.5. The lowest BCUT2D eigenvalue weighted by Gasteiger charge is -2.24. The number of halogens is 1. The molecule has 1 atom stereocenters. The lowest BCUT2D eigenvalue weighted by molar-refractivity contribution is 0.0691. The van der Waals surface area contributed by atoms with E-state index in [1.807, 2.05) is 6.92 Å². The number of piperidine rings is 1. The van der Waals surface area contributed by atoms with Gasteiger partial charge in [0.2, 0.25) is 0 Å². The fraction of sp³-hybridized carbons (Fsp3) is 0.500. The summed E-state index contributed by atoms with van der Waals surface area (Å²) >= 11 is 0. The number of aryl methyl sites for hydroxylation is 1. The van der Waals surface area contributed by atoms with Crippen molar-refractivity contribution in [3.05, 3.63) is 34.6 Å². The summed E-state index contributed by atoms with van der Waals surface area (Å²) in [6, 6.07) is 3.18. The molecule has 0 aliphatic carbocycles. The predicted molar refractivity (Wildman–Crippen MR) is 67.4 cm³/mol. The Bertz CT molecular complexity index is 453. The molecule has 0 aromatic heterocycles. The minimum atomic E-state index is -1.20. The van der Waals surface area contributed by atoms with Gasteiger partial charge < -0.3 is 10.4 Å². The third-order valence-corrected chi connectivity index (χ3v) is 3.53. The van der Waals surface area contributed by atoms with Crippen molar-refractivity contribution in [2.75, 3.05) is 6.54 Å². The van der Waals surface area contributed by atoms with Crippen LogP contribution in [0.2, 0.25) is 0 Å². The Morgan fingerprint density at radius 3 is 2.89 bits per heavy atom. The minimum Gasteiger partial charge on any atom is -0.478 e. The number of rotatable bonds is 3. The molecule has 0 radical (unpaired) electrons. The van der Waals surface area contributed by atoms with Gasteiger partial charge in [0.1, 0.15) is 5.82 Å². The summed E-state index contributed by atoms with van der Waals surface area (Å²) in [4.78, 5) is 10.9. The van der Waals surface area contributed by atoms with Gasteiger partial charge in [0.25, 0.3) is 0 Å². The number of nitrogens with one attached hydrogen (secondary N) is 1. The van der Waals surface area contributed by atoms with Gasteiger partial charge in [-0.05, 0) is 56.0 Å². The lowest BCUT2D eigenvalue weighted by Crippen LogP contribution is -2.35. The molecule has 4 heteroatoms. The molecule has 1 aliphatic heterocycles. The second-order valence-corrected chi connectivity index (χ2v) is 4.91. The molecule has 1 heterocycles. The van der Waals surface area contributed by atoms with Crippen molar-refractivity contribution in [2.24, 2.45) is 0 Å². The van der Waals surface area contributed by atoms with Gasteiger partial charge in [-0.3, -0.25) is 0 Å². The second kappa shape index (κ2) is 5.48. The third kappa shape index (κ3) is 2.88. The first-order valence-corrected chi connectivity index (χ1v) is 6.33. The van der Waals surface area contributed by atoms with Crippen LogP contribution in [0.5, 0.6) is 0 Å². The van der Waals surface area contributed by atoms with Crippen LogP contribution in [-0.4, -0.2) is 23.7 Å². The van der Waals surface area contributed by atoms with E-state index in [2.05, 4.69) is 5.32 Å². The van der Waals surface area contributed by atoms with Crippen molar-refractivity contribution < 1.29 is 14.3 Å². The van der Waals surface area contributed by atoms with Crippen LogP contribution in [0.4, 0.5) is 4.39 Å². The highest BCUT2D eigenvalue weighted by molar-refractivity contribution is 5.88. The number of carbonyl (C=O) groups is 1. The highest BCUT2D eigenvalue weighted by Gasteiger charge is 2.17. The molecule has 1 aliphatic rings. The van der Waals surface area contributed by atoms with Gasteiger partial charge in [0, 0.05) is 6.04 Å². The number of hydrogen-bond acceptors (Lipinski definition) is 2. The molecule has 0 amide bonds. The molecule has 0 saturated carbocycles. The SMILES string of the molecule is Cc1cc(F)c(C(=O)O)cc1CC1CCCCN1. The van der Waals surface area contributed by atoms with Crippen molar-refractivity contribution in [1.29, 1.82) is 0 Å². The zero-order valence-corrected chi connectivity index (χ0v) is 10.5. The zero-order valence-electron chi connectivity index (χ0n) is 10.5. The summed E-state index contributed by atoms with van der Waals surface area (Å²) in [5, 5.41) is 12.3. The smallest absolute Gasteiger partial charge is 0.338 e. The Labute approximate surface area is 106 Å². The summed E-state index contributed by atoms with van der Waals surface area (Å²) in [7, 11) is 0. The topological polar surface area (TPSA) is 49.3 Å². The van der Waals surface area contributed by atoms with Gasteiger partial charge in [-0.25, -0.2) is 9.18 Å². The minimum absolute atomic E-state index is 0.230. The third-order valence-electron chi connectivity index (χ3n) is 3.53. The van der Waals surface area contributed by atoms with Crippen molar-refractivity contribution >= 4 is 5.97 Å². The number of aromatic carboxylic acids is 1. The quantitative estimate of drug-likeness (QED) is 0.867. The van der Waals surface area contributed by atoms with Gasteiger partial charge in [-0.1, -0.05) is 6.42 Å². The van der Waals surface area contributed by atoms with Gasteiger partial charge in [-0.15, -0.1) is 0 Å². The van der Waals surface area contributed by atoms with Crippen molar-refractivity contribution in [3.63, 3.8) is 0 Å². The van der Waals surface area contributed by atoms with E-state index < -0.39 is 11.8 Å². The van der Waals surface area contributed by atoms with Gasteiger partial charge >= 0.3 is 5.97 Å². The molecule has 0 bridgehead atoms. The fourth-order valence-electron chi connectivity index (χ4n) is 2.47. The van der Waals surface area contributed by atoms with E-state index in [0.29, 0.717) is 6.04 Å². The molecule has 2 N–H and O–H groups in total. The Morgan fingerprint density at radius 2 is 2.28 bits per heavy atom. The van der Waals surface area contributed by atoms with Crippen LogP contribution in [-0.2, 0) is 6.42 Å². The maximum atomic E-state index is 13.5. The van der Waals surface area contributed by atoms with Crippen LogP contribution < -0.4 is 5.32 Å². The Kier molecular flexibility index (Phi) is 3.97. The normalized spacial score (nSPS) is 19.8. The molecule has 0 spiro atoms. The average Bonchev–Trinajstić information content (AvgIpc) is 2.33. The second-order valence-electron chi connectivity index (χ2n) is 4.91. The van der Waals surface area contributed by atoms with E-state index in [4.69, 9.17) is 5.11 Å². The summed E-state index contributed by atoms with van der Waals surface area (Å²) in [6.07, 6.45) is 4.26. The van der Waals surface area contributed by atoms with Crippen LogP contribution in [0, 0.1) is 12.7 Å². The molecular weight excluding hydrogens is 233 g/mol. The Morgan fingerprint density at radius 1 is 1.50 bits per heavy atom. The first-order chi connectivity index (χ1) is 8.58. The molecule has 98 valence electrons. The highest BCUT2D eigenvalue weighted by Crippen LogP contribution is 2.19. The van der Waals surface area contributed by atoms with Crippen molar-refractivity contribution in [3.8, 4) is 0 Å². The lowest BCUT2D eigenvalue weighted by atomic mass is 9.94. The van der Waals surface area contributed by atoms with Gasteiger partial charge in [0.05, 0.1) is 5.56 Å². The zero-order chi connectivity index (χ0) is 13.1. The number of carboxylic acids is 1. The molecule has 3 nitrogen and oxygen atoms in total. The summed E-state index contributed by atoms with van der Waals surface area (Å²) in [5.41, 5.74) is 1.52. The predicted octanol–water partition coefficient (Wildman–Crippen LogP) is 2.52. The number of hydrogen-bond donors (Lipinski definition) is 2. The first kappa shape index (κ1) is 13.0. The van der Waals surface area contributed by atoms with Gasteiger partial charge in [0.15, 0.2) is 0 Å². The Balaban J connectivity index is 2.21. The maximum Gasteiger partial charge on any atom is 0.338 e. The van der Waals surface area contributed by atoms with Gasteiger partial charge in [-0.2, -0.15) is 0 Å². The first-order valence-electron chi connectivity index (χ1n) is 6.33. The number of benzene rings is 1. The molecule has 2 rings (SSSR count). The average molecular weight is 251 g/mol.